The number of benzene rings is 1. The average Bonchev–Trinajstić information content (AvgIpc) is 2.41. The van der Waals surface area contributed by atoms with Crippen molar-refractivity contribution in [1.82, 2.24) is 4.98 Å². The first-order valence-electron chi connectivity index (χ1n) is 6.06. The first kappa shape index (κ1) is 14.8. The maximum absolute atomic E-state index is 12.1. The number of carbonyl (C=O) groups is 2. The minimum Gasteiger partial charge on any atom is -0.397 e. The summed E-state index contributed by atoms with van der Waals surface area (Å²) in [4.78, 5) is 27.0. The largest absolute Gasteiger partial charge is 0.397 e. The number of nitrogen functional groups attached to an aromatic ring is 1. The van der Waals surface area contributed by atoms with Crippen LogP contribution in [-0.4, -0.2) is 16.8 Å². The van der Waals surface area contributed by atoms with Crippen LogP contribution in [0.1, 0.15) is 17.3 Å². The topological polar surface area (TPSA) is 97.1 Å². The summed E-state index contributed by atoms with van der Waals surface area (Å²) < 4.78 is 0. The van der Waals surface area contributed by atoms with Gasteiger partial charge in [-0.15, -0.1) is 0 Å². The highest BCUT2D eigenvalue weighted by molar-refractivity contribution is 6.33. The molecule has 7 heteroatoms. The van der Waals surface area contributed by atoms with Crippen LogP contribution in [0.4, 0.5) is 17.1 Å². The van der Waals surface area contributed by atoms with E-state index in [-0.39, 0.29) is 16.6 Å². The summed E-state index contributed by atoms with van der Waals surface area (Å²) in [5.41, 5.74) is 7.21. The van der Waals surface area contributed by atoms with Gasteiger partial charge in [0.25, 0.3) is 5.91 Å². The number of anilines is 3. The third-order valence-corrected chi connectivity index (χ3v) is 2.85. The molecule has 21 heavy (non-hydrogen) atoms. The third-order valence-electron chi connectivity index (χ3n) is 2.55. The molecule has 0 fully saturated rings. The highest BCUT2D eigenvalue weighted by Crippen LogP contribution is 2.19. The fourth-order valence-corrected chi connectivity index (χ4v) is 1.89. The van der Waals surface area contributed by atoms with Crippen LogP contribution in [0.5, 0.6) is 0 Å². The maximum Gasteiger partial charge on any atom is 0.258 e. The van der Waals surface area contributed by atoms with Gasteiger partial charge in [-0.25, -0.2) is 4.98 Å². The molecule has 0 aliphatic rings. The van der Waals surface area contributed by atoms with Crippen molar-refractivity contribution >= 4 is 40.5 Å². The molecule has 0 saturated carbocycles. The van der Waals surface area contributed by atoms with Crippen LogP contribution in [0.25, 0.3) is 0 Å². The number of rotatable bonds is 3. The monoisotopic (exact) mass is 304 g/mol. The molecule has 0 saturated heterocycles. The number of hydrogen-bond donors (Lipinski definition) is 3. The van der Waals surface area contributed by atoms with Gasteiger partial charge < -0.3 is 16.4 Å². The van der Waals surface area contributed by atoms with Gasteiger partial charge in [-0.3, -0.25) is 9.59 Å². The second-order valence-electron chi connectivity index (χ2n) is 4.32. The number of aromatic nitrogens is 1. The smallest absolute Gasteiger partial charge is 0.258 e. The normalized spacial score (nSPS) is 10.0. The first-order chi connectivity index (χ1) is 9.95. The zero-order chi connectivity index (χ0) is 15.4. The maximum atomic E-state index is 12.1. The zero-order valence-corrected chi connectivity index (χ0v) is 11.9. The Morgan fingerprint density at radius 2 is 1.86 bits per heavy atom. The summed E-state index contributed by atoms with van der Waals surface area (Å²) in [6.07, 6.45) is 1.37. The summed E-state index contributed by atoms with van der Waals surface area (Å²) in [5.74, 6) is -0.624. The Morgan fingerprint density at radius 3 is 2.52 bits per heavy atom. The van der Waals surface area contributed by atoms with Crippen LogP contribution < -0.4 is 16.4 Å². The predicted molar refractivity (Wildman–Crippen MR) is 82.4 cm³/mol. The van der Waals surface area contributed by atoms with Crippen LogP contribution >= 0.6 is 11.6 Å². The van der Waals surface area contributed by atoms with Crippen LogP contribution in [0.3, 0.4) is 0 Å². The molecule has 0 aliphatic carbocycles. The number of pyridine rings is 1. The lowest BCUT2D eigenvalue weighted by Gasteiger charge is -2.09. The van der Waals surface area contributed by atoms with E-state index < -0.39 is 5.91 Å². The number of amides is 2. The van der Waals surface area contributed by atoms with Crippen molar-refractivity contribution in [1.29, 1.82) is 0 Å². The molecule has 2 rings (SSSR count). The summed E-state index contributed by atoms with van der Waals surface area (Å²) in [5, 5.41) is 5.37. The number of nitrogens with one attached hydrogen (secondary N) is 2. The minimum absolute atomic E-state index is 0.0692. The van der Waals surface area contributed by atoms with E-state index in [1.54, 1.807) is 24.3 Å². The van der Waals surface area contributed by atoms with Crippen molar-refractivity contribution in [3.05, 3.63) is 47.2 Å². The SMILES string of the molecule is CC(=O)Nc1cccc(NC(=O)c2cc(N)cnc2Cl)c1. The van der Waals surface area contributed by atoms with E-state index in [0.29, 0.717) is 17.1 Å². The lowest BCUT2D eigenvalue weighted by molar-refractivity contribution is -0.114. The molecule has 0 bridgehead atoms. The van der Waals surface area contributed by atoms with Gasteiger partial charge in [-0.05, 0) is 24.3 Å². The number of hydrogen-bond acceptors (Lipinski definition) is 4. The predicted octanol–water partition coefficient (Wildman–Crippen LogP) is 2.53. The van der Waals surface area contributed by atoms with E-state index in [2.05, 4.69) is 15.6 Å². The summed E-state index contributed by atoms with van der Waals surface area (Å²) in [7, 11) is 0. The molecule has 1 aromatic carbocycles. The van der Waals surface area contributed by atoms with Crippen molar-refractivity contribution in [2.75, 3.05) is 16.4 Å². The number of nitrogens with two attached hydrogens (primary N) is 1. The van der Waals surface area contributed by atoms with Crippen molar-refractivity contribution in [3.8, 4) is 0 Å². The fraction of sp³-hybridized carbons (Fsp3) is 0.0714. The molecule has 0 atom stereocenters. The van der Waals surface area contributed by atoms with Gasteiger partial charge in [0, 0.05) is 18.3 Å². The number of carbonyl (C=O) groups excluding carboxylic acids is 2. The Morgan fingerprint density at radius 1 is 1.19 bits per heavy atom. The summed E-state index contributed by atoms with van der Waals surface area (Å²) in [6.45, 7) is 1.41. The molecule has 1 aromatic heterocycles. The Balaban J connectivity index is 2.19. The molecule has 2 amide bonds. The number of nitrogens with zero attached hydrogens (tertiary/aromatic N) is 1. The Kier molecular flexibility index (Phi) is 4.39. The molecule has 2 aromatic rings. The molecule has 4 N–H and O–H groups in total. The second kappa shape index (κ2) is 6.23. The standard InChI is InChI=1S/C14H13ClN4O2/c1-8(20)18-10-3-2-4-11(6-10)19-14(21)12-5-9(16)7-17-13(12)15/h2-7H,16H2,1H3,(H,18,20)(H,19,21). The lowest BCUT2D eigenvalue weighted by atomic mass is 10.2. The van der Waals surface area contributed by atoms with Crippen molar-refractivity contribution in [2.24, 2.45) is 0 Å². The molecular weight excluding hydrogens is 292 g/mol. The zero-order valence-electron chi connectivity index (χ0n) is 11.2. The van der Waals surface area contributed by atoms with E-state index in [4.69, 9.17) is 17.3 Å². The van der Waals surface area contributed by atoms with Gasteiger partial charge in [0.1, 0.15) is 5.15 Å². The van der Waals surface area contributed by atoms with Crippen molar-refractivity contribution in [3.63, 3.8) is 0 Å². The average molecular weight is 305 g/mol. The van der Waals surface area contributed by atoms with Crippen LogP contribution in [0, 0.1) is 0 Å². The van der Waals surface area contributed by atoms with Gasteiger partial charge in [0.2, 0.25) is 5.91 Å². The summed E-state index contributed by atoms with van der Waals surface area (Å²) in [6, 6.07) is 8.19. The third kappa shape index (κ3) is 3.93. The van der Waals surface area contributed by atoms with E-state index in [1.807, 2.05) is 0 Å². The lowest BCUT2D eigenvalue weighted by Crippen LogP contribution is -2.14. The molecule has 0 aliphatic heterocycles. The molecule has 0 spiro atoms. The second-order valence-corrected chi connectivity index (χ2v) is 4.68. The molecule has 108 valence electrons. The molecule has 0 radical (unpaired) electrons. The first-order valence-corrected chi connectivity index (χ1v) is 6.43. The molecular formula is C14H13ClN4O2. The summed E-state index contributed by atoms with van der Waals surface area (Å²) >= 11 is 5.87. The molecule has 0 unspecified atom stereocenters. The van der Waals surface area contributed by atoms with Gasteiger partial charge in [0.15, 0.2) is 0 Å². The van der Waals surface area contributed by atoms with E-state index in [1.165, 1.54) is 19.2 Å². The van der Waals surface area contributed by atoms with Gasteiger partial charge in [-0.2, -0.15) is 0 Å². The van der Waals surface area contributed by atoms with E-state index in [0.717, 1.165) is 0 Å². The molecule has 1 heterocycles. The Labute approximate surface area is 126 Å². The Bertz CT molecular complexity index is 703. The minimum atomic E-state index is -0.431. The van der Waals surface area contributed by atoms with Gasteiger partial charge in [-0.1, -0.05) is 17.7 Å². The van der Waals surface area contributed by atoms with Gasteiger partial charge >= 0.3 is 0 Å². The van der Waals surface area contributed by atoms with Crippen molar-refractivity contribution in [2.45, 2.75) is 6.92 Å². The van der Waals surface area contributed by atoms with Crippen LogP contribution in [-0.2, 0) is 4.79 Å². The van der Waals surface area contributed by atoms with E-state index >= 15 is 0 Å². The molecule has 6 nitrogen and oxygen atoms in total. The Hall–Kier alpha value is -2.60. The van der Waals surface area contributed by atoms with E-state index in [9.17, 15) is 9.59 Å². The quantitative estimate of drug-likeness (QED) is 0.759. The highest BCUT2D eigenvalue weighted by Gasteiger charge is 2.12. The number of halogens is 1. The van der Waals surface area contributed by atoms with Crippen LogP contribution in [0.15, 0.2) is 36.5 Å². The fourth-order valence-electron chi connectivity index (χ4n) is 1.70. The van der Waals surface area contributed by atoms with Gasteiger partial charge in [0.05, 0.1) is 17.4 Å². The van der Waals surface area contributed by atoms with Crippen LogP contribution in [0.2, 0.25) is 5.15 Å². The highest BCUT2D eigenvalue weighted by atomic mass is 35.5. The van der Waals surface area contributed by atoms with Crippen molar-refractivity contribution < 1.29 is 9.59 Å².